The molecule has 6 rings (SSSR count). The molecule has 0 bridgehead atoms. The van der Waals surface area contributed by atoms with Gasteiger partial charge < -0.3 is 15.1 Å². The molecule has 3 aromatic carbocycles. The van der Waals surface area contributed by atoms with Gasteiger partial charge in [0.2, 0.25) is 0 Å². The summed E-state index contributed by atoms with van der Waals surface area (Å²) in [5, 5.41) is 19.8. The number of carbonyl (C=O) groups excluding carboxylic acids is 2. The number of benzene rings is 3. The molecule has 1 aliphatic heterocycles. The van der Waals surface area contributed by atoms with Crippen molar-refractivity contribution in [1.29, 1.82) is 5.26 Å². The van der Waals surface area contributed by atoms with E-state index in [-0.39, 0.29) is 29.4 Å². The van der Waals surface area contributed by atoms with Crippen molar-refractivity contribution in [1.82, 2.24) is 20.0 Å². The third-order valence-electron chi connectivity index (χ3n) is 7.35. The fourth-order valence-corrected chi connectivity index (χ4v) is 5.05. The van der Waals surface area contributed by atoms with Crippen LogP contribution in [0.1, 0.15) is 44.9 Å². The molecule has 1 aliphatic rings. The average Bonchev–Trinajstić information content (AvgIpc) is 3.67. The lowest BCUT2D eigenvalue weighted by molar-refractivity contribution is 0.0883. The number of nitriles is 1. The van der Waals surface area contributed by atoms with Gasteiger partial charge in [-0.05, 0) is 79.1 Å². The molecule has 0 radical (unpaired) electrons. The first-order valence-corrected chi connectivity index (χ1v) is 13.6. The second-order valence-corrected chi connectivity index (χ2v) is 10.3. The van der Waals surface area contributed by atoms with Crippen molar-refractivity contribution in [2.45, 2.75) is 25.4 Å². The highest BCUT2D eigenvalue weighted by Gasteiger charge is 2.23. The molecule has 1 fully saturated rings. The highest BCUT2D eigenvalue weighted by atomic mass is 19.1. The summed E-state index contributed by atoms with van der Waals surface area (Å²) in [7, 11) is 0. The third-order valence-corrected chi connectivity index (χ3v) is 7.35. The molecule has 2 aromatic heterocycles. The number of aromatic nitrogens is 2. The lowest BCUT2D eigenvalue weighted by Gasteiger charge is -2.32. The zero-order valence-corrected chi connectivity index (χ0v) is 22.6. The number of anilines is 1. The van der Waals surface area contributed by atoms with Gasteiger partial charge in [-0.1, -0.05) is 12.1 Å². The summed E-state index contributed by atoms with van der Waals surface area (Å²) in [5.74, 6) is -0.754. The molecule has 2 amide bonds. The number of hydrogen-bond donors (Lipinski definition) is 2. The van der Waals surface area contributed by atoms with Crippen molar-refractivity contribution in [3.63, 3.8) is 0 Å². The number of nitrogens with one attached hydrogen (secondary N) is 2. The topological polar surface area (TPSA) is 116 Å². The molecule has 9 nitrogen and oxygen atoms in total. The first-order chi connectivity index (χ1) is 20.4. The maximum atomic E-state index is 13.2. The Morgan fingerprint density at radius 1 is 1.00 bits per heavy atom. The number of fused-ring (bicyclic) bond motifs is 1. The van der Waals surface area contributed by atoms with E-state index < -0.39 is 0 Å². The number of furan rings is 1. The van der Waals surface area contributed by atoms with Gasteiger partial charge in [-0.3, -0.25) is 14.5 Å². The summed E-state index contributed by atoms with van der Waals surface area (Å²) in [4.78, 5) is 28.1. The molecule has 5 aromatic rings. The number of nitrogens with zero attached hydrogens (tertiary/aromatic N) is 4. The second kappa shape index (κ2) is 11.7. The second-order valence-electron chi connectivity index (χ2n) is 10.3. The SMILES string of the molecule is N#Cc1ccc(CN2CCC(NC(=O)c3cc4cc(NC(=O)c5cnn(-c6ccc(F)cc6)c5)ccc4o3)CC2)cc1. The standard InChI is InChI=1S/C32H27FN6O3/c33-25-5-8-28(9-6-25)39-20-24(18-35-39)31(40)37-27-7-10-29-23(15-27)16-30(42-29)32(41)36-26-11-13-38(14-12-26)19-22-3-1-21(17-34)2-4-22/h1-10,15-16,18,20,26H,11-14,19H2,(H,36,41)(H,37,40). The molecule has 0 spiro atoms. The van der Waals surface area contributed by atoms with E-state index in [1.807, 2.05) is 24.3 Å². The van der Waals surface area contributed by atoms with Crippen LogP contribution in [0.4, 0.5) is 10.1 Å². The Labute approximate surface area is 241 Å². The first-order valence-electron chi connectivity index (χ1n) is 13.6. The van der Waals surface area contributed by atoms with Crippen LogP contribution < -0.4 is 10.6 Å². The quantitative estimate of drug-likeness (QED) is 0.279. The monoisotopic (exact) mass is 562 g/mol. The molecular formula is C32H27FN6O3. The minimum atomic E-state index is -0.352. The van der Waals surface area contributed by atoms with E-state index in [1.54, 1.807) is 42.6 Å². The number of likely N-dealkylation sites (tertiary alicyclic amines) is 1. The van der Waals surface area contributed by atoms with E-state index in [9.17, 15) is 14.0 Å². The van der Waals surface area contributed by atoms with Gasteiger partial charge in [0.1, 0.15) is 11.4 Å². The van der Waals surface area contributed by atoms with Gasteiger partial charge >= 0.3 is 0 Å². The highest BCUT2D eigenvalue weighted by Crippen LogP contribution is 2.24. The first kappa shape index (κ1) is 26.9. The number of amides is 2. The summed E-state index contributed by atoms with van der Waals surface area (Å²) >= 11 is 0. The molecule has 1 saturated heterocycles. The predicted molar refractivity (Wildman–Crippen MR) is 155 cm³/mol. The van der Waals surface area contributed by atoms with E-state index in [4.69, 9.17) is 9.68 Å². The van der Waals surface area contributed by atoms with E-state index in [2.05, 4.69) is 26.7 Å². The van der Waals surface area contributed by atoms with Gasteiger partial charge in [-0.15, -0.1) is 0 Å². The van der Waals surface area contributed by atoms with Crippen LogP contribution in [0.25, 0.3) is 16.7 Å². The van der Waals surface area contributed by atoms with E-state index in [1.165, 1.54) is 23.0 Å². The molecule has 10 heteroatoms. The van der Waals surface area contributed by atoms with E-state index in [0.29, 0.717) is 33.5 Å². The lowest BCUT2D eigenvalue weighted by atomic mass is 10.0. The molecule has 0 aliphatic carbocycles. The van der Waals surface area contributed by atoms with Crippen molar-refractivity contribution in [2.24, 2.45) is 0 Å². The normalized spacial score (nSPS) is 14.0. The zero-order chi connectivity index (χ0) is 29.1. The van der Waals surface area contributed by atoms with Crippen LogP contribution in [0.3, 0.4) is 0 Å². The van der Waals surface area contributed by atoms with Crippen LogP contribution in [0.2, 0.25) is 0 Å². The van der Waals surface area contributed by atoms with Crippen LogP contribution in [0, 0.1) is 17.1 Å². The van der Waals surface area contributed by atoms with Crippen molar-refractivity contribution >= 4 is 28.5 Å². The smallest absolute Gasteiger partial charge is 0.287 e. The molecule has 0 saturated carbocycles. The average molecular weight is 563 g/mol. The van der Waals surface area contributed by atoms with Crippen LogP contribution in [0.15, 0.2) is 89.6 Å². The Bertz CT molecular complexity index is 1780. The van der Waals surface area contributed by atoms with Crippen LogP contribution in [-0.2, 0) is 6.54 Å². The number of piperidine rings is 1. The molecule has 210 valence electrons. The molecule has 0 unspecified atom stereocenters. The summed E-state index contributed by atoms with van der Waals surface area (Å²) in [6.45, 7) is 2.53. The summed E-state index contributed by atoms with van der Waals surface area (Å²) in [6, 6.07) is 22.5. The third kappa shape index (κ3) is 6.06. The van der Waals surface area contributed by atoms with Gasteiger partial charge in [0, 0.05) is 42.9 Å². The Kier molecular flexibility index (Phi) is 7.49. The molecule has 2 N–H and O–H groups in total. The molecule has 0 atom stereocenters. The Morgan fingerprint density at radius 2 is 1.76 bits per heavy atom. The molecular weight excluding hydrogens is 535 g/mol. The van der Waals surface area contributed by atoms with Gasteiger partial charge in [0.25, 0.3) is 11.8 Å². The van der Waals surface area contributed by atoms with Crippen LogP contribution >= 0.6 is 0 Å². The zero-order valence-electron chi connectivity index (χ0n) is 22.6. The fraction of sp³-hybridized carbons (Fsp3) is 0.188. The molecule has 3 heterocycles. The van der Waals surface area contributed by atoms with Crippen LogP contribution in [0.5, 0.6) is 0 Å². The minimum absolute atomic E-state index is 0.0496. The minimum Gasteiger partial charge on any atom is -0.451 e. The number of hydrogen-bond acceptors (Lipinski definition) is 6. The van der Waals surface area contributed by atoms with Crippen molar-refractivity contribution in [3.05, 3.63) is 113 Å². The Hall–Kier alpha value is -5.27. The predicted octanol–water partition coefficient (Wildman–Crippen LogP) is 5.28. The summed E-state index contributed by atoms with van der Waals surface area (Å²) in [5.41, 5.74) is 3.88. The van der Waals surface area contributed by atoms with Gasteiger partial charge in [0.05, 0.1) is 29.1 Å². The molecule has 42 heavy (non-hydrogen) atoms. The van der Waals surface area contributed by atoms with Crippen LogP contribution in [-0.4, -0.2) is 45.6 Å². The summed E-state index contributed by atoms with van der Waals surface area (Å²) in [6.07, 6.45) is 4.67. The van der Waals surface area contributed by atoms with Crippen molar-refractivity contribution < 1.29 is 18.4 Å². The maximum absolute atomic E-state index is 13.2. The Morgan fingerprint density at radius 3 is 2.50 bits per heavy atom. The summed E-state index contributed by atoms with van der Waals surface area (Å²) < 4.78 is 20.5. The fourth-order valence-electron chi connectivity index (χ4n) is 5.05. The van der Waals surface area contributed by atoms with Gasteiger partial charge in [-0.2, -0.15) is 10.4 Å². The number of halogens is 1. The Balaban J connectivity index is 1.03. The maximum Gasteiger partial charge on any atom is 0.287 e. The largest absolute Gasteiger partial charge is 0.451 e. The lowest BCUT2D eigenvalue weighted by Crippen LogP contribution is -2.44. The van der Waals surface area contributed by atoms with Gasteiger partial charge in [0.15, 0.2) is 5.76 Å². The van der Waals surface area contributed by atoms with Crippen molar-refractivity contribution in [2.75, 3.05) is 18.4 Å². The van der Waals surface area contributed by atoms with E-state index >= 15 is 0 Å². The van der Waals surface area contributed by atoms with Gasteiger partial charge in [-0.25, -0.2) is 9.07 Å². The van der Waals surface area contributed by atoms with E-state index in [0.717, 1.165) is 38.0 Å². The highest BCUT2D eigenvalue weighted by molar-refractivity contribution is 6.05. The number of rotatable bonds is 7. The van der Waals surface area contributed by atoms with Crippen molar-refractivity contribution in [3.8, 4) is 11.8 Å². The number of carbonyl (C=O) groups is 2.